The Morgan fingerprint density at radius 2 is 1.73 bits per heavy atom. The molecule has 2 rings (SSSR count). The van der Waals surface area contributed by atoms with E-state index in [-0.39, 0.29) is 1.43 Å². The minimum atomic E-state index is 0. The van der Waals surface area contributed by atoms with Crippen molar-refractivity contribution in [2.75, 3.05) is 0 Å². The highest BCUT2D eigenvalue weighted by Crippen LogP contribution is 2.35. The molecule has 0 aromatic heterocycles. The predicted molar refractivity (Wildman–Crippen MR) is 48.8 cm³/mol. The van der Waals surface area contributed by atoms with Gasteiger partial charge in [0.25, 0.3) is 0 Å². The van der Waals surface area contributed by atoms with Crippen molar-refractivity contribution in [1.82, 2.24) is 0 Å². The summed E-state index contributed by atoms with van der Waals surface area (Å²) in [5.41, 5.74) is 1.38. The number of benzene rings is 1. The Morgan fingerprint density at radius 3 is 2.18 bits per heavy atom. The third-order valence-electron chi connectivity index (χ3n) is 2.21. The van der Waals surface area contributed by atoms with E-state index in [4.69, 9.17) is 11.6 Å². The average molecular weight is 167 g/mol. The van der Waals surface area contributed by atoms with Crippen LogP contribution in [0.5, 0.6) is 0 Å². The van der Waals surface area contributed by atoms with Gasteiger partial charge in [-0.25, -0.2) is 0 Å². The van der Waals surface area contributed by atoms with Crippen molar-refractivity contribution in [2.45, 2.75) is 19.3 Å². The molecule has 1 fully saturated rings. The molecule has 0 aliphatic heterocycles. The molecule has 0 nitrogen and oxygen atoms in total. The molecule has 1 aromatic carbocycles. The molecule has 0 unspecified atom stereocenters. The summed E-state index contributed by atoms with van der Waals surface area (Å²) in [6, 6.07) is 8.14. The number of hydrogen-bond acceptors (Lipinski definition) is 0. The highest BCUT2D eigenvalue weighted by atomic mass is 35.5. The highest BCUT2D eigenvalue weighted by Gasteiger charge is 2.19. The van der Waals surface area contributed by atoms with Gasteiger partial charge in [-0.1, -0.05) is 30.2 Å². The van der Waals surface area contributed by atoms with Crippen LogP contribution in [-0.2, 0) is 0 Å². The second-order valence-electron chi connectivity index (χ2n) is 2.96. The van der Waals surface area contributed by atoms with Crippen molar-refractivity contribution < 1.29 is 1.43 Å². The van der Waals surface area contributed by atoms with E-state index in [1.54, 1.807) is 5.92 Å². The van der Waals surface area contributed by atoms with Crippen LogP contribution in [0.25, 0.3) is 0 Å². The Morgan fingerprint density at radius 1 is 1.09 bits per heavy atom. The van der Waals surface area contributed by atoms with E-state index >= 15 is 0 Å². The van der Waals surface area contributed by atoms with Crippen LogP contribution < -0.4 is 0 Å². The minimum Gasteiger partial charge on any atom is -0.0843 e. The van der Waals surface area contributed by atoms with Gasteiger partial charge in [0.1, 0.15) is 0 Å². The molecule has 0 saturated heterocycles. The van der Waals surface area contributed by atoms with Crippen LogP contribution in [0, 0.1) is 5.92 Å². The van der Waals surface area contributed by atoms with Crippen molar-refractivity contribution in [3.8, 4) is 0 Å². The lowest BCUT2D eigenvalue weighted by molar-refractivity contribution is 0.577. The Kier molecular flexibility index (Phi) is 1.87. The molecule has 1 saturated carbocycles. The van der Waals surface area contributed by atoms with Gasteiger partial charge in [-0.05, 0) is 30.5 Å². The lowest BCUT2D eigenvalue weighted by atomic mass is 9.80. The average Bonchev–Trinajstić information content (AvgIpc) is 1.90. The summed E-state index contributed by atoms with van der Waals surface area (Å²) in [4.78, 5) is 0. The topological polar surface area (TPSA) is 0 Å². The maximum Gasteiger partial charge on any atom is 1.00 e. The summed E-state index contributed by atoms with van der Waals surface area (Å²) in [5.74, 6) is 1.58. The van der Waals surface area contributed by atoms with E-state index in [0.717, 1.165) is 5.02 Å². The van der Waals surface area contributed by atoms with Crippen LogP contribution in [0.15, 0.2) is 24.3 Å². The van der Waals surface area contributed by atoms with E-state index in [1.807, 2.05) is 12.1 Å². The fourth-order valence-electron chi connectivity index (χ4n) is 1.33. The predicted octanol–water partition coefficient (Wildman–Crippen LogP) is 3.56. The van der Waals surface area contributed by atoms with Gasteiger partial charge >= 0.3 is 1.43 Å². The molecule has 0 bridgehead atoms. The van der Waals surface area contributed by atoms with Crippen molar-refractivity contribution in [2.24, 2.45) is 0 Å². The summed E-state index contributed by atoms with van der Waals surface area (Å²) in [6.07, 6.45) is 3.92. The second kappa shape index (κ2) is 2.86. The van der Waals surface area contributed by atoms with Crippen molar-refractivity contribution in [1.29, 1.82) is 0 Å². The van der Waals surface area contributed by atoms with E-state index in [9.17, 15) is 0 Å². The standard InChI is InChI=1S/C10H10Cl/c11-10-6-4-9(5-7-10)8-2-1-3-8/h4-7H,1-3H2/p+1. The molecule has 0 amide bonds. The molecule has 1 aromatic rings. The Bertz CT molecular complexity index is 239. The van der Waals surface area contributed by atoms with Crippen LogP contribution in [0.3, 0.4) is 0 Å². The Balaban J connectivity index is 0.000000720. The van der Waals surface area contributed by atoms with Gasteiger partial charge in [0.05, 0.1) is 0 Å². The summed E-state index contributed by atoms with van der Waals surface area (Å²) in [7, 11) is 0. The maximum atomic E-state index is 5.77. The van der Waals surface area contributed by atoms with Crippen LogP contribution in [-0.4, -0.2) is 0 Å². The quantitative estimate of drug-likeness (QED) is 0.599. The monoisotopic (exact) mass is 166 g/mol. The Hall–Kier alpha value is -0.490. The minimum absolute atomic E-state index is 0. The molecule has 1 aliphatic rings. The zero-order valence-electron chi connectivity index (χ0n) is 7.31. The second-order valence-corrected chi connectivity index (χ2v) is 3.40. The normalized spacial score (nSPS) is 17.9. The van der Waals surface area contributed by atoms with Gasteiger partial charge < -0.3 is 0 Å². The molecule has 0 heterocycles. The van der Waals surface area contributed by atoms with Gasteiger partial charge in [0.2, 0.25) is 0 Å². The molecule has 1 heteroatoms. The zero-order chi connectivity index (χ0) is 7.68. The first-order valence-corrected chi connectivity index (χ1v) is 4.35. The van der Waals surface area contributed by atoms with Crippen LogP contribution in [0.4, 0.5) is 0 Å². The third-order valence-corrected chi connectivity index (χ3v) is 2.46. The van der Waals surface area contributed by atoms with Crippen molar-refractivity contribution in [3.05, 3.63) is 40.8 Å². The van der Waals surface area contributed by atoms with Gasteiger partial charge in [-0.3, -0.25) is 0 Å². The highest BCUT2D eigenvalue weighted by molar-refractivity contribution is 6.30. The van der Waals surface area contributed by atoms with Crippen LogP contribution >= 0.6 is 11.6 Å². The molecule has 0 spiro atoms. The number of hydrogen-bond donors (Lipinski definition) is 0. The summed E-state index contributed by atoms with van der Waals surface area (Å²) < 4.78 is 0. The molecule has 1 aliphatic carbocycles. The Labute approximate surface area is 73.7 Å². The molecular formula is C10H11Cl+. The van der Waals surface area contributed by atoms with Crippen LogP contribution in [0.2, 0.25) is 5.02 Å². The lowest BCUT2D eigenvalue weighted by Crippen LogP contribution is -2.09. The SMILES string of the molecule is Clc1ccc([C]2CCC2)cc1.[H+]. The van der Waals surface area contributed by atoms with E-state index in [2.05, 4.69) is 12.1 Å². The fourth-order valence-corrected chi connectivity index (χ4v) is 1.45. The maximum absolute atomic E-state index is 5.77. The first-order valence-electron chi connectivity index (χ1n) is 3.97. The lowest BCUT2D eigenvalue weighted by Gasteiger charge is -2.24. The summed E-state index contributed by atoms with van der Waals surface area (Å²) >= 11 is 5.77. The van der Waals surface area contributed by atoms with Gasteiger partial charge in [0.15, 0.2) is 0 Å². The summed E-state index contributed by atoms with van der Waals surface area (Å²) in [5, 5.41) is 0.827. The zero-order valence-corrected chi connectivity index (χ0v) is 7.06. The fraction of sp³-hybridized carbons (Fsp3) is 0.300. The van der Waals surface area contributed by atoms with E-state index in [0.29, 0.717) is 0 Å². The molecule has 0 N–H and O–H groups in total. The summed E-state index contributed by atoms with van der Waals surface area (Å²) in [6.45, 7) is 0. The van der Waals surface area contributed by atoms with E-state index in [1.165, 1.54) is 24.8 Å². The van der Waals surface area contributed by atoms with E-state index < -0.39 is 0 Å². The largest absolute Gasteiger partial charge is 1.00 e. The number of halogens is 1. The van der Waals surface area contributed by atoms with Crippen LogP contribution in [0.1, 0.15) is 26.3 Å². The van der Waals surface area contributed by atoms with Crippen molar-refractivity contribution in [3.63, 3.8) is 0 Å². The molecule has 11 heavy (non-hydrogen) atoms. The first-order chi connectivity index (χ1) is 5.36. The smallest absolute Gasteiger partial charge is 0.0843 e. The van der Waals surface area contributed by atoms with Crippen molar-refractivity contribution >= 4 is 11.6 Å². The van der Waals surface area contributed by atoms with Gasteiger partial charge in [-0.2, -0.15) is 0 Å². The van der Waals surface area contributed by atoms with Gasteiger partial charge in [-0.15, -0.1) is 0 Å². The van der Waals surface area contributed by atoms with Gasteiger partial charge in [0, 0.05) is 10.9 Å². The molecule has 1 radical (unpaired) electrons. The molecule has 0 atom stereocenters. The first kappa shape index (κ1) is 7.17. The molecular weight excluding hydrogens is 156 g/mol. The third kappa shape index (κ3) is 1.41. The number of rotatable bonds is 1. The molecule has 57 valence electrons.